The van der Waals surface area contributed by atoms with E-state index in [-0.39, 0.29) is 6.04 Å². The van der Waals surface area contributed by atoms with Crippen molar-refractivity contribution in [1.29, 1.82) is 0 Å². The van der Waals surface area contributed by atoms with Crippen LogP contribution in [-0.4, -0.2) is 48.7 Å². The number of pyridine rings is 2. The highest BCUT2D eigenvalue weighted by Crippen LogP contribution is 2.24. The Balaban J connectivity index is 1.51. The van der Waals surface area contributed by atoms with Gasteiger partial charge >= 0.3 is 0 Å². The van der Waals surface area contributed by atoms with E-state index in [0.717, 1.165) is 72.7 Å². The van der Waals surface area contributed by atoms with Gasteiger partial charge in [-0.3, -0.25) is 9.67 Å². The quantitative estimate of drug-likeness (QED) is 0.564. The van der Waals surface area contributed by atoms with Crippen molar-refractivity contribution in [2.75, 3.05) is 18.0 Å². The average molecular weight is 403 g/mol. The summed E-state index contributed by atoms with van der Waals surface area (Å²) in [5, 5.41) is 9.94. The van der Waals surface area contributed by atoms with Gasteiger partial charge in [0.25, 0.3) is 0 Å². The normalized spacial score (nSPS) is 17.4. The van der Waals surface area contributed by atoms with E-state index in [9.17, 15) is 0 Å². The lowest BCUT2D eigenvalue weighted by Gasteiger charge is -2.22. The van der Waals surface area contributed by atoms with Crippen molar-refractivity contribution in [3.8, 4) is 17.1 Å². The van der Waals surface area contributed by atoms with Gasteiger partial charge in [0.15, 0.2) is 5.82 Å². The maximum Gasteiger partial charge on any atom is 0.156 e. The number of fused-ring (bicyclic) bond motifs is 1. The van der Waals surface area contributed by atoms with Gasteiger partial charge in [-0.2, -0.15) is 10.2 Å². The van der Waals surface area contributed by atoms with Crippen LogP contribution in [0.2, 0.25) is 0 Å². The third-order valence-corrected chi connectivity index (χ3v) is 5.74. The Bertz CT molecular complexity index is 1160. The van der Waals surface area contributed by atoms with Crippen molar-refractivity contribution < 1.29 is 0 Å². The summed E-state index contributed by atoms with van der Waals surface area (Å²) in [4.78, 5) is 11.8. The molecule has 0 amide bonds. The minimum atomic E-state index is 0.288. The van der Waals surface area contributed by atoms with Crippen LogP contribution in [0.3, 0.4) is 0 Å². The van der Waals surface area contributed by atoms with E-state index in [0.29, 0.717) is 0 Å². The van der Waals surface area contributed by atoms with Gasteiger partial charge in [0.1, 0.15) is 5.82 Å². The van der Waals surface area contributed by atoms with Crippen LogP contribution in [0, 0.1) is 0 Å². The number of nitrogens with two attached hydrogens (primary N) is 1. The molecule has 1 atom stereocenters. The summed E-state index contributed by atoms with van der Waals surface area (Å²) < 4.78 is 3.79. The van der Waals surface area contributed by atoms with Gasteiger partial charge < -0.3 is 10.6 Å². The fourth-order valence-electron chi connectivity index (χ4n) is 3.99. The van der Waals surface area contributed by atoms with Crippen LogP contribution in [-0.2, 0) is 6.54 Å². The Morgan fingerprint density at radius 1 is 1.07 bits per heavy atom. The molecule has 0 aromatic carbocycles. The first-order valence-corrected chi connectivity index (χ1v) is 10.6. The van der Waals surface area contributed by atoms with Gasteiger partial charge in [0, 0.05) is 49.0 Å². The summed E-state index contributed by atoms with van der Waals surface area (Å²) >= 11 is 0. The molecule has 8 nitrogen and oxygen atoms in total. The summed E-state index contributed by atoms with van der Waals surface area (Å²) in [5.74, 6) is 1.78. The van der Waals surface area contributed by atoms with Crippen LogP contribution in [0.1, 0.15) is 26.2 Å². The molecule has 1 aliphatic rings. The van der Waals surface area contributed by atoms with E-state index in [1.165, 1.54) is 0 Å². The number of anilines is 1. The molecule has 0 bridgehead atoms. The van der Waals surface area contributed by atoms with Crippen LogP contribution >= 0.6 is 0 Å². The Hall–Kier alpha value is -3.26. The lowest BCUT2D eigenvalue weighted by molar-refractivity contribution is 0.601. The largest absolute Gasteiger partial charge is 0.356 e. The molecule has 1 saturated heterocycles. The van der Waals surface area contributed by atoms with Gasteiger partial charge in [-0.1, -0.05) is 6.07 Å². The van der Waals surface area contributed by atoms with E-state index in [2.05, 4.69) is 39.1 Å². The van der Waals surface area contributed by atoms with E-state index >= 15 is 0 Å². The minimum Gasteiger partial charge on any atom is -0.356 e. The summed E-state index contributed by atoms with van der Waals surface area (Å²) in [5.41, 5.74) is 8.99. The highest BCUT2D eigenvalue weighted by Gasteiger charge is 2.17. The SMILES string of the molecule is CCn1cc(-c2cc3c(cn2)cnn3-c2cccc(N3CCCC(N)CC3)n2)cn1. The van der Waals surface area contributed by atoms with Gasteiger partial charge in [0.2, 0.25) is 0 Å². The van der Waals surface area contributed by atoms with Crippen molar-refractivity contribution in [3.63, 3.8) is 0 Å². The summed E-state index contributed by atoms with van der Waals surface area (Å²) in [6.07, 6.45) is 10.7. The molecule has 5 rings (SSSR count). The lowest BCUT2D eigenvalue weighted by Crippen LogP contribution is -2.27. The van der Waals surface area contributed by atoms with Crippen molar-refractivity contribution in [2.45, 2.75) is 38.8 Å². The predicted molar refractivity (Wildman–Crippen MR) is 118 cm³/mol. The Kier molecular flexibility index (Phi) is 4.92. The second-order valence-electron chi connectivity index (χ2n) is 7.80. The molecule has 8 heteroatoms. The maximum atomic E-state index is 6.14. The molecule has 2 N–H and O–H groups in total. The fourth-order valence-corrected chi connectivity index (χ4v) is 3.99. The molecule has 4 aromatic rings. The van der Waals surface area contributed by atoms with E-state index in [4.69, 9.17) is 10.7 Å². The second-order valence-corrected chi connectivity index (χ2v) is 7.80. The first-order chi connectivity index (χ1) is 14.7. The summed E-state index contributed by atoms with van der Waals surface area (Å²) in [6, 6.07) is 8.45. The molecule has 0 saturated carbocycles. The van der Waals surface area contributed by atoms with E-state index in [1.807, 2.05) is 46.3 Å². The minimum absolute atomic E-state index is 0.288. The van der Waals surface area contributed by atoms with Crippen molar-refractivity contribution in [1.82, 2.24) is 29.5 Å². The fraction of sp³-hybridized carbons (Fsp3) is 0.364. The standard InChI is InChI=1S/C22H26N8/c1-2-29-15-17(14-25-29)19-11-20-16(12-24-19)13-26-30(20)22-7-3-6-21(27-22)28-9-4-5-18(23)8-10-28/h3,6-7,11-15,18H,2,4-5,8-10,23H2,1H3. The number of aryl methyl sites for hydroxylation is 1. The zero-order valence-electron chi connectivity index (χ0n) is 17.1. The Labute approximate surface area is 175 Å². The molecule has 1 aliphatic heterocycles. The number of hydrogen-bond donors (Lipinski definition) is 1. The highest BCUT2D eigenvalue weighted by atomic mass is 15.3. The highest BCUT2D eigenvalue weighted by molar-refractivity contribution is 5.83. The monoisotopic (exact) mass is 402 g/mol. The van der Waals surface area contributed by atoms with Crippen LogP contribution in [0.25, 0.3) is 28.0 Å². The molecular weight excluding hydrogens is 376 g/mol. The lowest BCUT2D eigenvalue weighted by atomic mass is 10.1. The molecule has 30 heavy (non-hydrogen) atoms. The van der Waals surface area contributed by atoms with Crippen molar-refractivity contribution in [2.24, 2.45) is 5.73 Å². The molecule has 1 fully saturated rings. The number of nitrogens with zero attached hydrogens (tertiary/aromatic N) is 7. The van der Waals surface area contributed by atoms with Gasteiger partial charge in [-0.15, -0.1) is 0 Å². The van der Waals surface area contributed by atoms with Crippen LogP contribution < -0.4 is 10.6 Å². The number of hydrogen-bond acceptors (Lipinski definition) is 6. The first-order valence-electron chi connectivity index (χ1n) is 10.6. The number of aromatic nitrogens is 6. The van der Waals surface area contributed by atoms with Crippen LogP contribution in [0.15, 0.2) is 49.1 Å². The molecule has 0 radical (unpaired) electrons. The number of rotatable bonds is 4. The molecule has 1 unspecified atom stereocenters. The molecular formula is C22H26N8. The zero-order valence-corrected chi connectivity index (χ0v) is 17.1. The third-order valence-electron chi connectivity index (χ3n) is 5.74. The third kappa shape index (κ3) is 3.54. The van der Waals surface area contributed by atoms with Gasteiger partial charge in [-0.25, -0.2) is 9.67 Å². The summed E-state index contributed by atoms with van der Waals surface area (Å²) in [6.45, 7) is 4.82. The van der Waals surface area contributed by atoms with Gasteiger partial charge in [0.05, 0.1) is 23.6 Å². The van der Waals surface area contributed by atoms with Crippen LogP contribution in [0.4, 0.5) is 5.82 Å². The average Bonchev–Trinajstić information content (AvgIpc) is 3.37. The summed E-state index contributed by atoms with van der Waals surface area (Å²) in [7, 11) is 0. The van der Waals surface area contributed by atoms with Crippen molar-refractivity contribution >= 4 is 16.7 Å². The van der Waals surface area contributed by atoms with Crippen molar-refractivity contribution in [3.05, 3.63) is 49.1 Å². The van der Waals surface area contributed by atoms with Crippen LogP contribution in [0.5, 0.6) is 0 Å². The zero-order chi connectivity index (χ0) is 20.5. The Morgan fingerprint density at radius 2 is 1.97 bits per heavy atom. The second kappa shape index (κ2) is 7.87. The Morgan fingerprint density at radius 3 is 2.83 bits per heavy atom. The predicted octanol–water partition coefficient (Wildman–Crippen LogP) is 3.02. The molecule has 4 aromatic heterocycles. The maximum absolute atomic E-state index is 6.14. The molecule has 154 valence electrons. The molecule has 5 heterocycles. The smallest absolute Gasteiger partial charge is 0.156 e. The van der Waals surface area contributed by atoms with E-state index in [1.54, 1.807) is 0 Å². The topological polar surface area (TPSA) is 90.7 Å². The first kappa shape index (κ1) is 18.7. The van der Waals surface area contributed by atoms with E-state index < -0.39 is 0 Å². The molecule has 0 aliphatic carbocycles. The van der Waals surface area contributed by atoms with Gasteiger partial charge in [-0.05, 0) is 44.4 Å². The molecule has 0 spiro atoms.